The Kier molecular flexibility index (Phi) is 6.73. The number of alkyl halides is 3. The average molecular weight is 494 g/mol. The van der Waals surface area contributed by atoms with Crippen LogP contribution in [0, 0.1) is 0 Å². The summed E-state index contributed by atoms with van der Waals surface area (Å²) in [7, 11) is 1.62. The highest BCUT2D eigenvalue weighted by molar-refractivity contribution is 5.77. The molecule has 1 aliphatic heterocycles. The van der Waals surface area contributed by atoms with Crippen molar-refractivity contribution in [1.29, 1.82) is 0 Å². The van der Waals surface area contributed by atoms with Crippen LogP contribution in [0.1, 0.15) is 41.5 Å². The molecule has 0 radical (unpaired) electrons. The lowest BCUT2D eigenvalue weighted by atomic mass is 9.98. The molecule has 186 valence electrons. The van der Waals surface area contributed by atoms with E-state index in [1.54, 1.807) is 25.4 Å². The Morgan fingerprint density at radius 3 is 2.50 bits per heavy atom. The van der Waals surface area contributed by atoms with Crippen molar-refractivity contribution in [3.63, 3.8) is 0 Å². The number of rotatable bonds is 6. The molecule has 1 fully saturated rings. The summed E-state index contributed by atoms with van der Waals surface area (Å²) < 4.78 is 45.6. The second-order valence-corrected chi connectivity index (χ2v) is 8.83. The third-order valence-corrected chi connectivity index (χ3v) is 6.39. The number of hydrogen-bond donors (Lipinski definition) is 2. The number of aromatic nitrogens is 4. The minimum Gasteiger partial charge on any atom is -0.497 e. The second-order valence-electron chi connectivity index (χ2n) is 8.83. The van der Waals surface area contributed by atoms with Crippen molar-refractivity contribution in [3.05, 3.63) is 83.6 Å². The van der Waals surface area contributed by atoms with Gasteiger partial charge in [0.25, 0.3) is 0 Å². The number of halogens is 3. The maximum atomic E-state index is 13.4. The van der Waals surface area contributed by atoms with Crippen molar-refractivity contribution in [2.24, 2.45) is 0 Å². The van der Waals surface area contributed by atoms with E-state index in [9.17, 15) is 13.2 Å². The summed E-state index contributed by atoms with van der Waals surface area (Å²) in [6.07, 6.45) is -0.456. The Morgan fingerprint density at radius 1 is 1.00 bits per heavy atom. The van der Waals surface area contributed by atoms with E-state index >= 15 is 0 Å². The number of ether oxygens (including phenoxy) is 1. The topological polar surface area (TPSA) is 75.7 Å². The molecule has 1 aliphatic rings. The quantitative estimate of drug-likeness (QED) is 0.365. The molecule has 9 heteroatoms. The first-order valence-electron chi connectivity index (χ1n) is 11.8. The number of piperidine rings is 1. The number of methoxy groups -OCH3 is 1. The molecule has 1 saturated heterocycles. The fraction of sp³-hybridized carbons (Fsp3) is 0.296. The molecule has 0 bridgehead atoms. The molecule has 2 aromatic heterocycles. The molecule has 4 aromatic rings. The van der Waals surface area contributed by atoms with E-state index in [2.05, 4.69) is 15.3 Å². The lowest BCUT2D eigenvalue weighted by Gasteiger charge is -2.20. The van der Waals surface area contributed by atoms with E-state index in [4.69, 9.17) is 14.7 Å². The van der Waals surface area contributed by atoms with Gasteiger partial charge < -0.3 is 15.0 Å². The number of H-pyrrole nitrogens is 1. The predicted molar refractivity (Wildman–Crippen MR) is 131 cm³/mol. The number of nitrogens with zero attached hydrogens (tertiary/aromatic N) is 3. The second kappa shape index (κ2) is 10.1. The molecule has 0 amide bonds. The molecule has 0 unspecified atom stereocenters. The number of nitrogens with one attached hydrogen (secondary N) is 2. The van der Waals surface area contributed by atoms with Crippen molar-refractivity contribution in [2.75, 3.05) is 20.2 Å². The van der Waals surface area contributed by atoms with Crippen LogP contribution in [0.4, 0.5) is 13.2 Å². The zero-order valence-corrected chi connectivity index (χ0v) is 19.8. The first-order valence-corrected chi connectivity index (χ1v) is 11.8. The summed E-state index contributed by atoms with van der Waals surface area (Å²) in [6, 6.07) is 14.7. The predicted octanol–water partition coefficient (Wildman–Crippen LogP) is 5.62. The van der Waals surface area contributed by atoms with E-state index in [-0.39, 0.29) is 5.92 Å². The van der Waals surface area contributed by atoms with Crippen molar-refractivity contribution < 1.29 is 17.9 Å². The highest BCUT2D eigenvalue weighted by atomic mass is 19.4. The van der Waals surface area contributed by atoms with E-state index in [1.165, 1.54) is 6.07 Å². The number of benzene rings is 2. The van der Waals surface area contributed by atoms with Gasteiger partial charge in [0.05, 0.1) is 29.8 Å². The van der Waals surface area contributed by atoms with Crippen LogP contribution in [0.2, 0.25) is 0 Å². The van der Waals surface area contributed by atoms with Crippen LogP contribution in [0.15, 0.2) is 60.8 Å². The van der Waals surface area contributed by atoms with Crippen molar-refractivity contribution in [3.8, 4) is 28.4 Å². The van der Waals surface area contributed by atoms with Crippen molar-refractivity contribution in [2.45, 2.75) is 31.4 Å². The van der Waals surface area contributed by atoms with Crippen LogP contribution in [0.5, 0.6) is 5.75 Å². The van der Waals surface area contributed by atoms with Gasteiger partial charge in [0.1, 0.15) is 17.4 Å². The maximum absolute atomic E-state index is 13.4. The first-order chi connectivity index (χ1) is 17.4. The van der Waals surface area contributed by atoms with Gasteiger partial charge in [-0.15, -0.1) is 0 Å². The van der Waals surface area contributed by atoms with E-state index in [0.717, 1.165) is 55.2 Å². The SMILES string of the molecule is COc1ccc(Cc2nccc(-c3[nH]c(C4CCNCC4)nc3-c3cccc(C(F)(F)F)c3)n2)cc1. The largest absolute Gasteiger partial charge is 0.497 e. The maximum Gasteiger partial charge on any atom is 0.416 e. The minimum atomic E-state index is -4.44. The lowest BCUT2D eigenvalue weighted by molar-refractivity contribution is -0.137. The Labute approximate surface area is 207 Å². The summed E-state index contributed by atoms with van der Waals surface area (Å²) in [5, 5.41) is 3.34. The van der Waals surface area contributed by atoms with Gasteiger partial charge in [0, 0.05) is 24.1 Å². The Balaban J connectivity index is 1.54. The van der Waals surface area contributed by atoms with E-state index in [0.29, 0.717) is 34.9 Å². The molecule has 2 aromatic carbocycles. The van der Waals surface area contributed by atoms with Crippen molar-refractivity contribution >= 4 is 0 Å². The van der Waals surface area contributed by atoms with Gasteiger partial charge in [-0.1, -0.05) is 24.3 Å². The van der Waals surface area contributed by atoms with Crippen LogP contribution in [0.25, 0.3) is 22.6 Å². The van der Waals surface area contributed by atoms with Gasteiger partial charge in [-0.3, -0.25) is 0 Å². The fourth-order valence-electron chi connectivity index (χ4n) is 4.47. The average Bonchev–Trinajstić information content (AvgIpc) is 3.35. The fourth-order valence-corrected chi connectivity index (χ4v) is 4.47. The van der Waals surface area contributed by atoms with Crippen LogP contribution in [-0.2, 0) is 12.6 Å². The monoisotopic (exact) mass is 493 g/mol. The van der Waals surface area contributed by atoms with Crippen molar-refractivity contribution in [1.82, 2.24) is 25.3 Å². The van der Waals surface area contributed by atoms with Gasteiger partial charge in [-0.25, -0.2) is 15.0 Å². The third-order valence-electron chi connectivity index (χ3n) is 6.39. The smallest absolute Gasteiger partial charge is 0.416 e. The van der Waals surface area contributed by atoms with Gasteiger partial charge in [0.15, 0.2) is 0 Å². The minimum absolute atomic E-state index is 0.199. The molecule has 0 aliphatic carbocycles. The molecule has 5 rings (SSSR count). The Hall–Kier alpha value is -3.72. The summed E-state index contributed by atoms with van der Waals surface area (Å²) in [6.45, 7) is 1.75. The van der Waals surface area contributed by atoms with Gasteiger partial charge in [-0.2, -0.15) is 13.2 Å². The molecule has 2 N–H and O–H groups in total. The number of imidazole rings is 1. The molecule has 6 nitrogen and oxygen atoms in total. The van der Waals surface area contributed by atoms with Gasteiger partial charge >= 0.3 is 6.18 Å². The molecule has 36 heavy (non-hydrogen) atoms. The van der Waals surface area contributed by atoms with Crippen LogP contribution in [0.3, 0.4) is 0 Å². The molecule has 0 saturated carbocycles. The highest BCUT2D eigenvalue weighted by Gasteiger charge is 2.31. The lowest BCUT2D eigenvalue weighted by Crippen LogP contribution is -2.27. The Morgan fingerprint density at radius 2 is 1.78 bits per heavy atom. The Bertz CT molecular complexity index is 1330. The zero-order chi connectivity index (χ0) is 25.1. The molecular formula is C27H26F3N5O. The number of hydrogen-bond acceptors (Lipinski definition) is 5. The van der Waals surface area contributed by atoms with Crippen LogP contribution >= 0.6 is 0 Å². The summed E-state index contributed by atoms with van der Waals surface area (Å²) >= 11 is 0. The molecule has 0 spiro atoms. The standard InChI is InChI=1S/C27H26F3N5O/c1-36-21-7-5-17(6-8-21)15-23-32-14-11-22(33-23)25-24(19-3-2-4-20(16-19)27(28,29)30)34-26(35-25)18-9-12-31-13-10-18/h2-8,11,14,16,18,31H,9-10,12-13,15H2,1H3,(H,34,35). The molecule has 0 atom stereocenters. The highest BCUT2D eigenvalue weighted by Crippen LogP contribution is 2.36. The van der Waals surface area contributed by atoms with Crippen LogP contribution < -0.4 is 10.1 Å². The van der Waals surface area contributed by atoms with Crippen LogP contribution in [-0.4, -0.2) is 40.1 Å². The molecular weight excluding hydrogens is 467 g/mol. The number of aromatic amines is 1. The normalized spacial score (nSPS) is 14.7. The van der Waals surface area contributed by atoms with E-state index in [1.807, 2.05) is 24.3 Å². The summed E-state index contributed by atoms with van der Waals surface area (Å²) in [4.78, 5) is 17.4. The summed E-state index contributed by atoms with van der Waals surface area (Å²) in [5.74, 6) is 2.34. The summed E-state index contributed by atoms with van der Waals surface area (Å²) in [5.41, 5.74) is 2.36. The first kappa shape index (κ1) is 24.0. The van der Waals surface area contributed by atoms with E-state index < -0.39 is 11.7 Å². The zero-order valence-electron chi connectivity index (χ0n) is 19.8. The van der Waals surface area contributed by atoms with Gasteiger partial charge in [-0.05, 0) is 61.8 Å². The molecule has 3 heterocycles. The van der Waals surface area contributed by atoms with Gasteiger partial charge in [0.2, 0.25) is 0 Å². The third kappa shape index (κ3) is 5.26.